The van der Waals surface area contributed by atoms with Gasteiger partial charge in [-0.25, -0.2) is 0 Å². The predicted octanol–water partition coefficient (Wildman–Crippen LogP) is 2.88. The maximum Gasteiger partial charge on any atom is 0.123 e. The van der Waals surface area contributed by atoms with E-state index in [0.717, 1.165) is 16.9 Å². The van der Waals surface area contributed by atoms with E-state index in [4.69, 9.17) is 10.5 Å². The van der Waals surface area contributed by atoms with Gasteiger partial charge in [0.05, 0.1) is 7.11 Å². The van der Waals surface area contributed by atoms with Gasteiger partial charge in [-0.05, 0) is 34.0 Å². The fourth-order valence-corrected chi connectivity index (χ4v) is 2.31. The van der Waals surface area contributed by atoms with Crippen molar-refractivity contribution < 1.29 is 4.74 Å². The van der Waals surface area contributed by atoms with E-state index in [2.05, 4.69) is 22.9 Å². The highest BCUT2D eigenvalue weighted by Gasteiger charge is 2.08. The molecule has 0 radical (unpaired) electrons. The summed E-state index contributed by atoms with van der Waals surface area (Å²) in [4.78, 5) is 0. The van der Waals surface area contributed by atoms with Crippen LogP contribution in [0.1, 0.15) is 5.56 Å². The van der Waals surface area contributed by atoms with Crippen molar-refractivity contribution in [1.29, 1.82) is 0 Å². The summed E-state index contributed by atoms with van der Waals surface area (Å²) in [5.41, 5.74) is 9.20. The Kier molecular flexibility index (Phi) is 3.04. The van der Waals surface area contributed by atoms with Crippen molar-refractivity contribution in [1.82, 2.24) is 0 Å². The van der Waals surface area contributed by atoms with Crippen LogP contribution in [0.3, 0.4) is 0 Å². The molecule has 0 aliphatic heterocycles. The first-order valence-corrected chi connectivity index (χ1v) is 5.69. The third kappa shape index (κ3) is 1.89. The number of thiophene rings is 1. The summed E-state index contributed by atoms with van der Waals surface area (Å²) < 4.78 is 5.30. The molecule has 15 heavy (non-hydrogen) atoms. The van der Waals surface area contributed by atoms with Crippen LogP contribution in [0.15, 0.2) is 35.0 Å². The third-order valence-corrected chi connectivity index (χ3v) is 3.07. The lowest BCUT2D eigenvalue weighted by Crippen LogP contribution is -2.01. The summed E-state index contributed by atoms with van der Waals surface area (Å²) in [6, 6.07) is 8.11. The SMILES string of the molecule is COc1cccc(-c2ccsc2)c1CN. The summed E-state index contributed by atoms with van der Waals surface area (Å²) >= 11 is 1.69. The molecule has 78 valence electrons. The number of hydrogen-bond donors (Lipinski definition) is 1. The number of methoxy groups -OCH3 is 1. The molecule has 0 saturated heterocycles. The molecule has 1 heterocycles. The zero-order valence-corrected chi connectivity index (χ0v) is 9.38. The molecule has 0 fully saturated rings. The van der Waals surface area contributed by atoms with Crippen LogP contribution >= 0.6 is 11.3 Å². The van der Waals surface area contributed by atoms with E-state index < -0.39 is 0 Å². The second-order valence-electron chi connectivity index (χ2n) is 3.20. The Balaban J connectivity index is 2.56. The molecule has 0 bridgehead atoms. The van der Waals surface area contributed by atoms with Gasteiger partial charge >= 0.3 is 0 Å². The Morgan fingerprint density at radius 2 is 2.20 bits per heavy atom. The Bertz CT molecular complexity index is 437. The fraction of sp³-hybridized carbons (Fsp3) is 0.167. The van der Waals surface area contributed by atoms with Gasteiger partial charge in [-0.2, -0.15) is 11.3 Å². The predicted molar refractivity (Wildman–Crippen MR) is 64.2 cm³/mol. The van der Waals surface area contributed by atoms with Crippen LogP contribution in [-0.4, -0.2) is 7.11 Å². The van der Waals surface area contributed by atoms with Crippen molar-refractivity contribution >= 4 is 11.3 Å². The Labute approximate surface area is 93.3 Å². The van der Waals surface area contributed by atoms with Crippen LogP contribution in [-0.2, 0) is 6.54 Å². The smallest absolute Gasteiger partial charge is 0.123 e. The molecule has 0 spiro atoms. The summed E-state index contributed by atoms with van der Waals surface area (Å²) in [5.74, 6) is 0.862. The van der Waals surface area contributed by atoms with Crippen LogP contribution in [0.5, 0.6) is 5.75 Å². The highest BCUT2D eigenvalue weighted by atomic mass is 32.1. The van der Waals surface area contributed by atoms with Gasteiger partial charge in [-0.15, -0.1) is 0 Å². The first kappa shape index (κ1) is 10.2. The topological polar surface area (TPSA) is 35.2 Å². The normalized spacial score (nSPS) is 10.3. The quantitative estimate of drug-likeness (QED) is 0.861. The highest BCUT2D eigenvalue weighted by Crippen LogP contribution is 2.31. The first-order valence-electron chi connectivity index (χ1n) is 4.75. The van der Waals surface area contributed by atoms with Crippen LogP contribution in [0, 0.1) is 0 Å². The zero-order chi connectivity index (χ0) is 10.7. The van der Waals surface area contributed by atoms with Gasteiger partial charge in [-0.3, -0.25) is 0 Å². The van der Waals surface area contributed by atoms with Crippen molar-refractivity contribution in [2.75, 3.05) is 7.11 Å². The lowest BCUT2D eigenvalue weighted by Gasteiger charge is -2.11. The number of ether oxygens (including phenoxy) is 1. The molecule has 2 N–H and O–H groups in total. The minimum Gasteiger partial charge on any atom is -0.496 e. The Hall–Kier alpha value is -1.32. The van der Waals surface area contributed by atoms with E-state index in [1.165, 1.54) is 5.56 Å². The molecule has 1 aromatic heterocycles. The molecule has 0 unspecified atom stereocenters. The van der Waals surface area contributed by atoms with E-state index >= 15 is 0 Å². The lowest BCUT2D eigenvalue weighted by atomic mass is 10.0. The maximum absolute atomic E-state index is 5.76. The molecule has 1 aromatic carbocycles. The minimum absolute atomic E-state index is 0.495. The average molecular weight is 219 g/mol. The van der Waals surface area contributed by atoms with Crippen molar-refractivity contribution in [2.24, 2.45) is 5.73 Å². The summed E-state index contributed by atoms with van der Waals surface area (Å²) in [6.45, 7) is 0.495. The van der Waals surface area contributed by atoms with Crippen molar-refractivity contribution in [3.63, 3.8) is 0 Å². The van der Waals surface area contributed by atoms with Crippen molar-refractivity contribution in [3.8, 4) is 16.9 Å². The molecule has 0 amide bonds. The van der Waals surface area contributed by atoms with Crippen molar-refractivity contribution in [3.05, 3.63) is 40.6 Å². The molecule has 0 atom stereocenters. The lowest BCUT2D eigenvalue weighted by molar-refractivity contribution is 0.410. The molecular formula is C12H13NOS. The van der Waals surface area contributed by atoms with Crippen LogP contribution in [0.2, 0.25) is 0 Å². The van der Waals surface area contributed by atoms with E-state index in [1.54, 1.807) is 18.4 Å². The third-order valence-electron chi connectivity index (χ3n) is 2.39. The molecular weight excluding hydrogens is 206 g/mol. The number of rotatable bonds is 3. The molecule has 2 nitrogen and oxygen atoms in total. The molecule has 3 heteroatoms. The monoisotopic (exact) mass is 219 g/mol. The summed E-state index contributed by atoms with van der Waals surface area (Å²) in [6.07, 6.45) is 0. The van der Waals surface area contributed by atoms with Gasteiger partial charge in [0.2, 0.25) is 0 Å². The van der Waals surface area contributed by atoms with Crippen LogP contribution < -0.4 is 10.5 Å². The standard InChI is InChI=1S/C12H13NOS/c1-14-12-4-2-3-10(11(12)7-13)9-5-6-15-8-9/h2-6,8H,7,13H2,1H3. The van der Waals surface area contributed by atoms with Gasteiger partial charge < -0.3 is 10.5 Å². The van der Waals surface area contributed by atoms with Gasteiger partial charge in [0, 0.05) is 12.1 Å². The van der Waals surface area contributed by atoms with E-state index in [0.29, 0.717) is 6.54 Å². The highest BCUT2D eigenvalue weighted by molar-refractivity contribution is 7.08. The summed E-state index contributed by atoms with van der Waals surface area (Å²) in [7, 11) is 1.67. The maximum atomic E-state index is 5.76. The van der Waals surface area contributed by atoms with Gasteiger partial charge in [0.25, 0.3) is 0 Å². The molecule has 0 saturated carbocycles. The largest absolute Gasteiger partial charge is 0.496 e. The van der Waals surface area contributed by atoms with Gasteiger partial charge in [-0.1, -0.05) is 12.1 Å². The molecule has 2 rings (SSSR count). The number of nitrogens with two attached hydrogens (primary N) is 1. The van der Waals surface area contributed by atoms with E-state index in [1.807, 2.05) is 12.1 Å². The second-order valence-corrected chi connectivity index (χ2v) is 3.98. The van der Waals surface area contributed by atoms with E-state index in [9.17, 15) is 0 Å². The molecule has 0 aliphatic rings. The number of benzene rings is 1. The average Bonchev–Trinajstić information content (AvgIpc) is 2.81. The summed E-state index contributed by atoms with van der Waals surface area (Å²) in [5, 5.41) is 4.18. The van der Waals surface area contributed by atoms with Crippen molar-refractivity contribution in [2.45, 2.75) is 6.54 Å². The Morgan fingerprint density at radius 1 is 1.33 bits per heavy atom. The Morgan fingerprint density at radius 3 is 2.80 bits per heavy atom. The zero-order valence-electron chi connectivity index (χ0n) is 8.57. The molecule has 2 aromatic rings. The minimum atomic E-state index is 0.495. The van der Waals surface area contributed by atoms with E-state index in [-0.39, 0.29) is 0 Å². The molecule has 0 aliphatic carbocycles. The van der Waals surface area contributed by atoms with Crippen LogP contribution in [0.4, 0.5) is 0 Å². The van der Waals surface area contributed by atoms with Crippen LogP contribution in [0.25, 0.3) is 11.1 Å². The fourth-order valence-electron chi connectivity index (χ4n) is 1.66. The number of hydrogen-bond acceptors (Lipinski definition) is 3. The second kappa shape index (κ2) is 4.47. The van der Waals surface area contributed by atoms with Gasteiger partial charge in [0.1, 0.15) is 5.75 Å². The first-order chi connectivity index (χ1) is 7.36. The van der Waals surface area contributed by atoms with Gasteiger partial charge in [0.15, 0.2) is 0 Å².